The van der Waals surface area contributed by atoms with Crippen molar-refractivity contribution in [2.75, 3.05) is 12.8 Å². The van der Waals surface area contributed by atoms with Gasteiger partial charge in [0.1, 0.15) is 5.82 Å². The van der Waals surface area contributed by atoms with Gasteiger partial charge in [0.05, 0.1) is 18.1 Å². The van der Waals surface area contributed by atoms with E-state index in [4.69, 9.17) is 5.73 Å². The number of hydrogen-bond donors (Lipinski definition) is 1. The number of aromatic nitrogens is 2. The van der Waals surface area contributed by atoms with E-state index in [0.717, 1.165) is 23.3 Å². The maximum absolute atomic E-state index is 5.51. The van der Waals surface area contributed by atoms with Gasteiger partial charge in [-0.3, -0.25) is 9.88 Å². The van der Waals surface area contributed by atoms with E-state index in [1.807, 2.05) is 12.1 Å². The minimum atomic E-state index is 0.452. The van der Waals surface area contributed by atoms with E-state index >= 15 is 0 Å². The highest BCUT2D eigenvalue weighted by Crippen LogP contribution is 2.13. The Morgan fingerprint density at radius 1 is 1.22 bits per heavy atom. The Kier molecular flexibility index (Phi) is 4.28. The summed E-state index contributed by atoms with van der Waals surface area (Å²) in [4.78, 5) is 10.5. The van der Waals surface area contributed by atoms with Crippen molar-refractivity contribution in [3.05, 3.63) is 52.4 Å². The van der Waals surface area contributed by atoms with Gasteiger partial charge in [-0.1, -0.05) is 28.1 Å². The molecule has 5 heteroatoms. The molecule has 0 unspecified atom stereocenters. The van der Waals surface area contributed by atoms with Crippen LogP contribution in [0.5, 0.6) is 0 Å². The Morgan fingerprint density at radius 2 is 2.06 bits per heavy atom. The van der Waals surface area contributed by atoms with Gasteiger partial charge in [-0.15, -0.1) is 0 Å². The third-order valence-electron chi connectivity index (χ3n) is 2.50. The van der Waals surface area contributed by atoms with Gasteiger partial charge >= 0.3 is 0 Å². The fraction of sp³-hybridized carbons (Fsp3) is 0.231. The standard InChI is InChI=1S/C13H15BrN4/c1-18(8-10-3-2-4-11(14)5-10)9-12-6-17-13(15)7-16-12/h2-7H,8-9H2,1H3,(H2,15,17). The summed E-state index contributed by atoms with van der Waals surface area (Å²) in [7, 11) is 2.05. The molecule has 1 aromatic carbocycles. The van der Waals surface area contributed by atoms with Crippen LogP contribution in [-0.2, 0) is 13.1 Å². The van der Waals surface area contributed by atoms with Crippen molar-refractivity contribution in [3.8, 4) is 0 Å². The van der Waals surface area contributed by atoms with E-state index in [-0.39, 0.29) is 0 Å². The SMILES string of the molecule is CN(Cc1cccc(Br)c1)Cc1cnc(N)cn1. The van der Waals surface area contributed by atoms with Crippen molar-refractivity contribution in [1.82, 2.24) is 14.9 Å². The number of rotatable bonds is 4. The van der Waals surface area contributed by atoms with Crippen LogP contribution >= 0.6 is 15.9 Å². The van der Waals surface area contributed by atoms with Gasteiger partial charge in [0, 0.05) is 17.6 Å². The molecule has 0 fully saturated rings. The molecule has 0 atom stereocenters. The first-order chi connectivity index (χ1) is 8.63. The zero-order valence-corrected chi connectivity index (χ0v) is 11.8. The van der Waals surface area contributed by atoms with Crippen LogP contribution < -0.4 is 5.73 Å². The van der Waals surface area contributed by atoms with E-state index in [0.29, 0.717) is 5.82 Å². The lowest BCUT2D eigenvalue weighted by atomic mass is 10.2. The maximum Gasteiger partial charge on any atom is 0.141 e. The molecule has 0 amide bonds. The molecule has 2 N–H and O–H groups in total. The number of anilines is 1. The first-order valence-corrected chi connectivity index (χ1v) is 6.42. The van der Waals surface area contributed by atoms with Crippen molar-refractivity contribution < 1.29 is 0 Å². The van der Waals surface area contributed by atoms with Gasteiger partial charge in [-0.25, -0.2) is 4.98 Å². The average Bonchev–Trinajstić information content (AvgIpc) is 2.32. The normalized spacial score (nSPS) is 10.8. The molecule has 0 bridgehead atoms. The molecule has 94 valence electrons. The summed E-state index contributed by atoms with van der Waals surface area (Å²) in [6.07, 6.45) is 3.30. The minimum absolute atomic E-state index is 0.452. The first-order valence-electron chi connectivity index (χ1n) is 5.63. The van der Waals surface area contributed by atoms with E-state index in [2.05, 4.69) is 50.0 Å². The predicted octanol–water partition coefficient (Wildman–Crippen LogP) is 2.45. The van der Waals surface area contributed by atoms with Gasteiger partial charge in [0.15, 0.2) is 0 Å². The second kappa shape index (κ2) is 5.93. The molecule has 0 saturated heterocycles. The summed E-state index contributed by atoms with van der Waals surface area (Å²) in [5.74, 6) is 0.452. The summed E-state index contributed by atoms with van der Waals surface area (Å²) in [6, 6.07) is 8.28. The zero-order valence-electron chi connectivity index (χ0n) is 10.2. The molecular formula is C13H15BrN4. The molecule has 1 aromatic heterocycles. The number of nitrogens with two attached hydrogens (primary N) is 1. The van der Waals surface area contributed by atoms with Gasteiger partial charge in [-0.2, -0.15) is 0 Å². The van der Waals surface area contributed by atoms with Crippen molar-refractivity contribution in [1.29, 1.82) is 0 Å². The fourth-order valence-corrected chi connectivity index (χ4v) is 2.17. The van der Waals surface area contributed by atoms with Gasteiger partial charge in [-0.05, 0) is 24.7 Å². The summed E-state index contributed by atoms with van der Waals surface area (Å²) < 4.78 is 1.10. The molecule has 0 aliphatic heterocycles. The van der Waals surface area contributed by atoms with Crippen molar-refractivity contribution in [2.45, 2.75) is 13.1 Å². The summed E-state index contributed by atoms with van der Waals surface area (Å²) in [5, 5.41) is 0. The van der Waals surface area contributed by atoms with Gasteiger partial charge in [0.25, 0.3) is 0 Å². The zero-order chi connectivity index (χ0) is 13.0. The van der Waals surface area contributed by atoms with Crippen LogP contribution in [0.3, 0.4) is 0 Å². The third kappa shape index (κ3) is 3.78. The van der Waals surface area contributed by atoms with Crippen LogP contribution in [-0.4, -0.2) is 21.9 Å². The summed E-state index contributed by atoms with van der Waals surface area (Å²) in [5.41, 5.74) is 7.68. The molecule has 0 radical (unpaired) electrons. The molecular weight excluding hydrogens is 292 g/mol. The first kappa shape index (κ1) is 13.0. The maximum atomic E-state index is 5.51. The van der Waals surface area contributed by atoms with Crippen LogP contribution in [0.15, 0.2) is 41.1 Å². The second-order valence-electron chi connectivity index (χ2n) is 4.23. The second-order valence-corrected chi connectivity index (χ2v) is 5.15. The fourth-order valence-electron chi connectivity index (χ4n) is 1.73. The number of halogens is 1. The highest BCUT2D eigenvalue weighted by Gasteiger charge is 2.03. The van der Waals surface area contributed by atoms with Crippen molar-refractivity contribution >= 4 is 21.7 Å². The average molecular weight is 307 g/mol. The Balaban J connectivity index is 1.96. The monoisotopic (exact) mass is 306 g/mol. The molecule has 4 nitrogen and oxygen atoms in total. The minimum Gasteiger partial charge on any atom is -0.382 e. The van der Waals surface area contributed by atoms with Crippen LogP contribution in [0.2, 0.25) is 0 Å². The van der Waals surface area contributed by atoms with E-state index in [9.17, 15) is 0 Å². The molecule has 1 heterocycles. The van der Waals surface area contributed by atoms with Crippen molar-refractivity contribution in [2.24, 2.45) is 0 Å². The predicted molar refractivity (Wildman–Crippen MR) is 75.8 cm³/mol. The molecule has 18 heavy (non-hydrogen) atoms. The lowest BCUT2D eigenvalue weighted by molar-refractivity contribution is 0.314. The molecule has 0 aliphatic rings. The number of hydrogen-bond acceptors (Lipinski definition) is 4. The summed E-state index contributed by atoms with van der Waals surface area (Å²) in [6.45, 7) is 1.62. The van der Waals surface area contributed by atoms with E-state index in [1.165, 1.54) is 5.56 Å². The third-order valence-corrected chi connectivity index (χ3v) is 2.99. The topological polar surface area (TPSA) is 55.0 Å². The smallest absolute Gasteiger partial charge is 0.141 e. The Morgan fingerprint density at radius 3 is 2.72 bits per heavy atom. The van der Waals surface area contributed by atoms with Crippen LogP contribution in [0, 0.1) is 0 Å². The lowest BCUT2D eigenvalue weighted by Crippen LogP contribution is -2.18. The Hall–Kier alpha value is -1.46. The Labute approximate surface area is 115 Å². The van der Waals surface area contributed by atoms with Gasteiger partial charge in [0.2, 0.25) is 0 Å². The molecule has 0 saturated carbocycles. The summed E-state index contributed by atoms with van der Waals surface area (Å²) >= 11 is 3.47. The number of nitrogen functional groups attached to an aromatic ring is 1. The highest BCUT2D eigenvalue weighted by molar-refractivity contribution is 9.10. The largest absolute Gasteiger partial charge is 0.382 e. The number of nitrogens with zero attached hydrogens (tertiary/aromatic N) is 3. The van der Waals surface area contributed by atoms with Gasteiger partial charge < -0.3 is 5.73 Å². The number of benzene rings is 1. The van der Waals surface area contributed by atoms with E-state index in [1.54, 1.807) is 12.4 Å². The van der Waals surface area contributed by atoms with Crippen LogP contribution in [0.4, 0.5) is 5.82 Å². The van der Waals surface area contributed by atoms with Crippen LogP contribution in [0.1, 0.15) is 11.3 Å². The van der Waals surface area contributed by atoms with Crippen molar-refractivity contribution in [3.63, 3.8) is 0 Å². The van der Waals surface area contributed by atoms with E-state index < -0.39 is 0 Å². The molecule has 0 aliphatic carbocycles. The lowest BCUT2D eigenvalue weighted by Gasteiger charge is -2.16. The Bertz CT molecular complexity index is 513. The molecule has 0 spiro atoms. The van der Waals surface area contributed by atoms with Crippen LogP contribution in [0.25, 0.3) is 0 Å². The highest BCUT2D eigenvalue weighted by atomic mass is 79.9. The quantitative estimate of drug-likeness (QED) is 0.942. The molecule has 2 aromatic rings. The molecule has 2 rings (SSSR count).